The molecule has 0 aromatic carbocycles. The molecule has 0 saturated heterocycles. The summed E-state index contributed by atoms with van der Waals surface area (Å²) < 4.78 is 4.86. The van der Waals surface area contributed by atoms with Crippen molar-refractivity contribution in [1.82, 2.24) is 4.90 Å². The number of esters is 1. The van der Waals surface area contributed by atoms with Crippen LogP contribution in [0, 0.1) is 0 Å². The highest BCUT2D eigenvalue weighted by Gasteiger charge is 2.15. The summed E-state index contributed by atoms with van der Waals surface area (Å²) in [5, 5.41) is 1.94. The van der Waals surface area contributed by atoms with E-state index in [9.17, 15) is 9.59 Å². The van der Waals surface area contributed by atoms with Crippen molar-refractivity contribution < 1.29 is 14.3 Å². The van der Waals surface area contributed by atoms with Crippen LogP contribution in [0.15, 0.2) is 30.2 Å². The summed E-state index contributed by atoms with van der Waals surface area (Å²) in [6, 6.07) is 3.85. The fourth-order valence-electron chi connectivity index (χ4n) is 1.61. The first-order valence-corrected chi connectivity index (χ1v) is 7.12. The van der Waals surface area contributed by atoms with Gasteiger partial charge in [-0.1, -0.05) is 12.1 Å². The molecule has 0 radical (unpaired) electrons. The van der Waals surface area contributed by atoms with E-state index in [1.807, 2.05) is 17.5 Å². The Hall–Kier alpha value is -1.62. The number of rotatable bonds is 8. The van der Waals surface area contributed by atoms with E-state index in [-0.39, 0.29) is 18.3 Å². The maximum atomic E-state index is 12.1. The van der Waals surface area contributed by atoms with Gasteiger partial charge in [0.15, 0.2) is 0 Å². The summed E-state index contributed by atoms with van der Waals surface area (Å²) >= 11 is 1.55. The van der Waals surface area contributed by atoms with Crippen molar-refractivity contribution in [2.45, 2.75) is 19.8 Å². The zero-order valence-corrected chi connectivity index (χ0v) is 11.9. The second kappa shape index (κ2) is 8.48. The smallest absolute Gasteiger partial charge is 0.307 e. The van der Waals surface area contributed by atoms with Crippen LogP contribution in [0.5, 0.6) is 0 Å². The van der Waals surface area contributed by atoms with Crippen LogP contribution < -0.4 is 0 Å². The Morgan fingerprint density at radius 2 is 2.32 bits per heavy atom. The fourth-order valence-corrected chi connectivity index (χ4v) is 2.30. The molecule has 0 N–H and O–H groups in total. The molecule has 1 heterocycles. The minimum Gasteiger partial charge on any atom is -0.466 e. The van der Waals surface area contributed by atoms with Gasteiger partial charge < -0.3 is 9.64 Å². The van der Waals surface area contributed by atoms with Crippen molar-refractivity contribution >= 4 is 23.2 Å². The molecule has 0 bridgehead atoms. The Morgan fingerprint density at radius 3 is 2.89 bits per heavy atom. The third kappa shape index (κ3) is 5.70. The van der Waals surface area contributed by atoms with Gasteiger partial charge >= 0.3 is 5.97 Å². The highest BCUT2D eigenvalue weighted by atomic mass is 32.1. The summed E-state index contributed by atoms with van der Waals surface area (Å²) in [5.41, 5.74) is 0. The second-order valence-corrected chi connectivity index (χ2v) is 4.97. The van der Waals surface area contributed by atoms with Crippen molar-refractivity contribution in [1.29, 1.82) is 0 Å². The van der Waals surface area contributed by atoms with Crippen LogP contribution in [-0.4, -0.2) is 36.5 Å². The quantitative estimate of drug-likeness (QED) is 0.542. The lowest BCUT2D eigenvalue weighted by Crippen LogP contribution is -2.34. The van der Waals surface area contributed by atoms with Crippen LogP contribution in [0.3, 0.4) is 0 Å². The van der Waals surface area contributed by atoms with E-state index in [4.69, 9.17) is 4.74 Å². The minimum absolute atomic E-state index is 0.00616. The molecule has 0 atom stereocenters. The molecule has 1 rings (SSSR count). The van der Waals surface area contributed by atoms with Gasteiger partial charge in [-0.2, -0.15) is 0 Å². The average Bonchev–Trinajstić information content (AvgIpc) is 2.87. The summed E-state index contributed by atoms with van der Waals surface area (Å²) in [7, 11) is 0. The predicted octanol–water partition coefficient (Wildman–Crippen LogP) is 2.26. The molecule has 0 aliphatic heterocycles. The van der Waals surface area contributed by atoms with Crippen LogP contribution in [-0.2, 0) is 20.7 Å². The van der Waals surface area contributed by atoms with Crippen molar-refractivity contribution in [3.63, 3.8) is 0 Å². The number of carbonyl (C=O) groups excluding carboxylic acids is 2. The molecule has 0 unspecified atom stereocenters. The van der Waals surface area contributed by atoms with Gasteiger partial charge in [0.1, 0.15) is 0 Å². The second-order valence-electron chi connectivity index (χ2n) is 3.94. The average molecular weight is 281 g/mol. The molecule has 1 aromatic heterocycles. The maximum absolute atomic E-state index is 12.1. The number of carbonyl (C=O) groups is 2. The van der Waals surface area contributed by atoms with Crippen molar-refractivity contribution in [2.24, 2.45) is 0 Å². The Bertz CT molecular complexity index is 414. The van der Waals surface area contributed by atoms with Crippen molar-refractivity contribution in [3.05, 3.63) is 35.0 Å². The number of hydrogen-bond donors (Lipinski definition) is 0. The van der Waals surface area contributed by atoms with Crippen molar-refractivity contribution in [3.8, 4) is 0 Å². The van der Waals surface area contributed by atoms with Crippen LogP contribution in [0.2, 0.25) is 0 Å². The van der Waals surface area contributed by atoms with Gasteiger partial charge in [0.05, 0.1) is 19.4 Å². The van der Waals surface area contributed by atoms with E-state index in [0.717, 1.165) is 4.88 Å². The Labute approximate surface area is 117 Å². The normalized spacial score (nSPS) is 9.95. The first kappa shape index (κ1) is 15.4. The first-order valence-electron chi connectivity index (χ1n) is 6.24. The standard InChI is InChI=1S/C14H19NO3S/c1-3-8-15(9-7-14(17)18-4-2)13(16)11-12-6-5-10-19-12/h3,5-6,10H,1,4,7-9,11H2,2H3. The van der Waals surface area contributed by atoms with Gasteiger partial charge in [-0.3, -0.25) is 9.59 Å². The van der Waals surface area contributed by atoms with E-state index in [1.54, 1.807) is 29.2 Å². The number of amides is 1. The lowest BCUT2D eigenvalue weighted by atomic mass is 10.3. The number of ether oxygens (including phenoxy) is 1. The van der Waals surface area contributed by atoms with E-state index < -0.39 is 0 Å². The molecule has 0 saturated carbocycles. The Balaban J connectivity index is 2.48. The van der Waals surface area contributed by atoms with Crippen LogP contribution >= 0.6 is 11.3 Å². The summed E-state index contributed by atoms with van der Waals surface area (Å²) in [4.78, 5) is 26.1. The molecule has 19 heavy (non-hydrogen) atoms. The van der Waals surface area contributed by atoms with E-state index >= 15 is 0 Å². The highest BCUT2D eigenvalue weighted by molar-refractivity contribution is 7.10. The van der Waals surface area contributed by atoms with Gasteiger partial charge in [0.2, 0.25) is 5.91 Å². The molecule has 4 nitrogen and oxygen atoms in total. The number of hydrogen-bond acceptors (Lipinski definition) is 4. The van der Waals surface area contributed by atoms with Crippen LogP contribution in [0.25, 0.3) is 0 Å². The predicted molar refractivity (Wildman–Crippen MR) is 76.1 cm³/mol. The SMILES string of the molecule is C=CCN(CCC(=O)OCC)C(=O)Cc1cccs1. The van der Waals surface area contributed by atoms with E-state index in [0.29, 0.717) is 26.1 Å². The van der Waals surface area contributed by atoms with E-state index in [2.05, 4.69) is 6.58 Å². The van der Waals surface area contributed by atoms with Gasteiger partial charge in [0, 0.05) is 18.0 Å². The largest absolute Gasteiger partial charge is 0.466 e. The fraction of sp³-hybridized carbons (Fsp3) is 0.429. The highest BCUT2D eigenvalue weighted by Crippen LogP contribution is 2.11. The third-order valence-electron chi connectivity index (χ3n) is 2.50. The van der Waals surface area contributed by atoms with Gasteiger partial charge in [-0.15, -0.1) is 17.9 Å². The molecular weight excluding hydrogens is 262 g/mol. The topological polar surface area (TPSA) is 46.6 Å². The zero-order chi connectivity index (χ0) is 14.1. The lowest BCUT2D eigenvalue weighted by Gasteiger charge is -2.20. The van der Waals surface area contributed by atoms with Gasteiger partial charge in [0.25, 0.3) is 0 Å². The Morgan fingerprint density at radius 1 is 1.53 bits per heavy atom. The van der Waals surface area contributed by atoms with Crippen LogP contribution in [0.1, 0.15) is 18.2 Å². The monoisotopic (exact) mass is 281 g/mol. The van der Waals surface area contributed by atoms with Crippen LogP contribution in [0.4, 0.5) is 0 Å². The zero-order valence-electron chi connectivity index (χ0n) is 11.1. The molecule has 0 spiro atoms. The lowest BCUT2D eigenvalue weighted by molar-refractivity contribution is -0.144. The van der Waals surface area contributed by atoms with Gasteiger partial charge in [-0.25, -0.2) is 0 Å². The third-order valence-corrected chi connectivity index (χ3v) is 3.38. The molecular formula is C14H19NO3S. The summed E-state index contributed by atoms with van der Waals surface area (Å²) in [6.45, 7) is 6.58. The van der Waals surface area contributed by atoms with E-state index in [1.165, 1.54) is 0 Å². The number of thiophene rings is 1. The molecule has 1 amide bonds. The molecule has 0 aliphatic rings. The summed E-state index contributed by atoms with van der Waals surface area (Å²) in [5.74, 6) is -0.271. The Kier molecular flexibility index (Phi) is 6.89. The molecule has 0 fully saturated rings. The number of nitrogens with zero attached hydrogens (tertiary/aromatic N) is 1. The molecule has 104 valence electrons. The maximum Gasteiger partial charge on any atom is 0.307 e. The summed E-state index contributed by atoms with van der Waals surface area (Å²) in [6.07, 6.45) is 2.25. The van der Waals surface area contributed by atoms with Crippen molar-refractivity contribution in [2.75, 3.05) is 19.7 Å². The first-order chi connectivity index (χ1) is 9.17. The minimum atomic E-state index is -0.277. The van der Waals surface area contributed by atoms with Gasteiger partial charge in [-0.05, 0) is 18.4 Å². The molecule has 5 heteroatoms. The molecule has 1 aromatic rings. The molecule has 0 aliphatic carbocycles.